The zero-order valence-electron chi connectivity index (χ0n) is 14.5. The second-order valence-corrected chi connectivity index (χ2v) is 6.57. The van der Waals surface area contributed by atoms with Gasteiger partial charge in [0.1, 0.15) is 6.10 Å². The van der Waals surface area contributed by atoms with Gasteiger partial charge in [0.05, 0.1) is 11.7 Å². The van der Waals surface area contributed by atoms with E-state index in [0.717, 1.165) is 18.4 Å². The molecule has 0 fully saturated rings. The van der Waals surface area contributed by atoms with Gasteiger partial charge in [-0.1, -0.05) is 25.2 Å². The Morgan fingerprint density at radius 3 is 2.73 bits per heavy atom. The van der Waals surface area contributed by atoms with Crippen molar-refractivity contribution >= 4 is 5.97 Å². The van der Waals surface area contributed by atoms with E-state index in [-0.39, 0.29) is 24.6 Å². The van der Waals surface area contributed by atoms with E-state index < -0.39 is 5.60 Å². The van der Waals surface area contributed by atoms with Gasteiger partial charge in [0.25, 0.3) is 0 Å². The van der Waals surface area contributed by atoms with E-state index in [4.69, 9.17) is 9.47 Å². The average Bonchev–Trinajstić information content (AvgIpc) is 2.44. The van der Waals surface area contributed by atoms with Gasteiger partial charge < -0.3 is 14.6 Å². The molecule has 0 aliphatic carbocycles. The monoisotopic (exact) mass is 314 g/mol. The van der Waals surface area contributed by atoms with Crippen LogP contribution in [-0.4, -0.2) is 36.0 Å². The highest BCUT2D eigenvalue weighted by Crippen LogP contribution is 2.21. The number of rotatable bonds is 1. The molecule has 1 aliphatic heterocycles. The van der Waals surface area contributed by atoms with Crippen LogP contribution in [0.5, 0.6) is 0 Å². The molecule has 22 heavy (non-hydrogen) atoms. The summed E-state index contributed by atoms with van der Waals surface area (Å²) in [6.07, 6.45) is 7.89. The Morgan fingerprint density at radius 2 is 2.09 bits per heavy atom. The van der Waals surface area contributed by atoms with E-state index in [2.05, 4.69) is 13.0 Å². The van der Waals surface area contributed by atoms with Crippen molar-refractivity contribution in [1.82, 2.24) is 0 Å². The predicted molar refractivity (Wildman–Crippen MR) is 87.5 cm³/mol. The third-order valence-electron chi connectivity index (χ3n) is 4.38. The number of allylic oxidation sites excluding steroid dienone is 1. The van der Waals surface area contributed by atoms with Crippen LogP contribution in [0.15, 0.2) is 23.8 Å². The Morgan fingerprint density at radius 1 is 1.41 bits per heavy atom. The van der Waals surface area contributed by atoms with Crippen molar-refractivity contribution in [2.45, 2.75) is 71.2 Å². The molecular weight excluding hydrogens is 284 g/mol. The Balaban J connectivity index is 2.93. The summed E-state index contributed by atoms with van der Waals surface area (Å²) in [6.45, 7) is 7.76. The van der Waals surface area contributed by atoms with E-state index >= 15 is 0 Å². The summed E-state index contributed by atoms with van der Waals surface area (Å²) >= 11 is 0. The van der Waals surface area contributed by atoms with Gasteiger partial charge in [0.15, 0.2) is 0 Å². The van der Waals surface area contributed by atoms with Crippen molar-refractivity contribution < 1.29 is 19.4 Å². The van der Waals surface area contributed by atoms with Crippen molar-refractivity contribution in [2.24, 2.45) is 5.92 Å². The molecule has 1 heterocycles. The van der Waals surface area contributed by atoms with Crippen LogP contribution in [0.4, 0.5) is 0 Å². The van der Waals surface area contributed by atoms with Crippen molar-refractivity contribution in [3.63, 3.8) is 0 Å². The molecule has 1 N–H and O–H groups in total. The number of ether oxygens (including phenoxy) is 2. The normalized spacial score (nSPS) is 39.3. The number of cyclic esters (lactones) is 1. The highest BCUT2D eigenvalue weighted by atomic mass is 16.7. The van der Waals surface area contributed by atoms with E-state index in [1.165, 1.54) is 0 Å². The fourth-order valence-corrected chi connectivity index (χ4v) is 2.46. The molecule has 0 spiro atoms. The smallest absolute Gasteiger partial charge is 0.306 e. The lowest BCUT2D eigenvalue weighted by atomic mass is 10.1. The molecule has 126 valence electrons. The Hall–Kier alpha value is -1.13. The molecule has 4 atom stereocenters. The van der Waals surface area contributed by atoms with E-state index in [0.29, 0.717) is 12.3 Å². The van der Waals surface area contributed by atoms with Crippen LogP contribution in [0.25, 0.3) is 0 Å². The second kappa shape index (κ2) is 8.49. The standard InChI is InChI=1S/C18H30O4/c1-13-7-6-8-14(2)16(21-5)9-11-18(4,20)12-10-17(19)22-15(13)3/h8-9,11,13,15-16,20H,6-7,10,12H2,1-5H3/b11-9+,14-8+/t13-,15+,16-,18+/m0/s1/i8+1,11+1,15+1,17+1. The molecule has 1 aliphatic rings. The van der Waals surface area contributed by atoms with Crippen molar-refractivity contribution in [2.75, 3.05) is 7.11 Å². The predicted octanol–water partition coefficient (Wildman–Crippen LogP) is 3.40. The van der Waals surface area contributed by atoms with Crippen molar-refractivity contribution in [3.8, 4) is 0 Å². The molecule has 0 amide bonds. The molecule has 0 radical (unpaired) electrons. The van der Waals surface area contributed by atoms with Gasteiger partial charge in [-0.05, 0) is 51.5 Å². The van der Waals surface area contributed by atoms with Gasteiger partial charge in [0, 0.05) is 13.5 Å². The molecule has 1 rings (SSSR count). The molecule has 0 aromatic heterocycles. The Kier molecular flexibility index (Phi) is 7.30. The molecule has 4 heteroatoms. The quantitative estimate of drug-likeness (QED) is 0.458. The third kappa shape index (κ3) is 6.32. The highest BCUT2D eigenvalue weighted by Gasteiger charge is 2.22. The van der Waals surface area contributed by atoms with Crippen molar-refractivity contribution in [3.05, 3.63) is 23.8 Å². The summed E-state index contributed by atoms with van der Waals surface area (Å²) in [5, 5.41) is 10.3. The SMILES string of the molecule is CO[C@H]1/C=[13CH]/[C@@](C)(O)CC[13C](=O)O[13C@H](C)[C@@H](C)CC/[13CH]=C/1C. The molecule has 0 aromatic carbocycles. The van der Waals surface area contributed by atoms with Crippen LogP contribution in [0.3, 0.4) is 0 Å². The molecule has 4 nitrogen and oxygen atoms in total. The summed E-state index contributed by atoms with van der Waals surface area (Å²) in [5.74, 6) is 0.0492. The maximum atomic E-state index is 11.9. The molecule has 0 aromatic rings. The summed E-state index contributed by atoms with van der Waals surface area (Å²) < 4.78 is 10.9. The van der Waals surface area contributed by atoms with Gasteiger partial charge in [-0.2, -0.15) is 0 Å². The van der Waals surface area contributed by atoms with E-state index in [1.807, 2.05) is 19.9 Å². The molecular formula is C18H30O4. The van der Waals surface area contributed by atoms with Gasteiger partial charge in [0.2, 0.25) is 0 Å². The van der Waals surface area contributed by atoms with Crippen LogP contribution in [0.1, 0.15) is 53.4 Å². The first-order valence-corrected chi connectivity index (χ1v) is 8.06. The number of hydrogen-bond donors (Lipinski definition) is 1. The fraction of sp³-hybridized carbons (Fsp3) is 0.722. The first-order valence-electron chi connectivity index (χ1n) is 8.06. The molecule has 0 saturated carbocycles. The lowest BCUT2D eigenvalue weighted by molar-refractivity contribution is -0.151. The lowest BCUT2D eigenvalue weighted by Crippen LogP contribution is -2.27. The maximum absolute atomic E-state index is 11.9. The number of hydrogen-bond acceptors (Lipinski definition) is 4. The number of methoxy groups -OCH3 is 1. The fourth-order valence-electron chi connectivity index (χ4n) is 2.46. The van der Waals surface area contributed by atoms with Crippen LogP contribution < -0.4 is 0 Å². The molecule has 0 saturated heterocycles. The summed E-state index contributed by atoms with van der Waals surface area (Å²) in [4.78, 5) is 11.9. The minimum Gasteiger partial charge on any atom is -0.462 e. The Labute approximate surface area is 134 Å². The number of esters is 1. The number of carbonyl (C=O) groups excluding carboxylic acids is 1. The number of aliphatic hydroxyl groups is 1. The summed E-state index contributed by atoms with van der Waals surface area (Å²) in [5.41, 5.74) is 0.0816. The minimum absolute atomic E-state index is 0.108. The van der Waals surface area contributed by atoms with E-state index in [9.17, 15) is 9.90 Å². The highest BCUT2D eigenvalue weighted by molar-refractivity contribution is 5.69. The van der Waals surface area contributed by atoms with Gasteiger partial charge in [-0.15, -0.1) is 0 Å². The van der Waals surface area contributed by atoms with Gasteiger partial charge in [-0.3, -0.25) is 4.79 Å². The molecule has 0 unspecified atom stereocenters. The minimum atomic E-state index is -1.05. The zero-order chi connectivity index (χ0) is 16.8. The lowest BCUT2D eigenvalue weighted by Gasteiger charge is -2.23. The van der Waals surface area contributed by atoms with Crippen LogP contribution in [0.2, 0.25) is 0 Å². The van der Waals surface area contributed by atoms with Gasteiger partial charge >= 0.3 is 5.97 Å². The third-order valence-corrected chi connectivity index (χ3v) is 4.38. The second-order valence-electron chi connectivity index (χ2n) is 6.57. The maximum Gasteiger partial charge on any atom is 0.306 e. The number of carbonyl (C=O) groups is 1. The van der Waals surface area contributed by atoms with Crippen molar-refractivity contribution in [1.29, 1.82) is 0 Å². The summed E-state index contributed by atoms with van der Waals surface area (Å²) in [7, 11) is 1.66. The van der Waals surface area contributed by atoms with Crippen LogP contribution in [0, 0.1) is 5.92 Å². The Bertz CT molecular complexity index is 423. The average molecular weight is 314 g/mol. The first-order chi connectivity index (χ1) is 10.2. The van der Waals surface area contributed by atoms with Gasteiger partial charge in [-0.25, -0.2) is 0 Å². The van der Waals surface area contributed by atoms with Crippen LogP contribution >= 0.6 is 0 Å². The van der Waals surface area contributed by atoms with Crippen LogP contribution in [-0.2, 0) is 14.3 Å². The first kappa shape index (κ1) is 18.9. The summed E-state index contributed by atoms with van der Waals surface area (Å²) in [6, 6.07) is 0. The van der Waals surface area contributed by atoms with E-state index in [1.54, 1.807) is 20.1 Å². The molecule has 0 bridgehead atoms. The zero-order valence-corrected chi connectivity index (χ0v) is 14.5. The largest absolute Gasteiger partial charge is 0.462 e. The topological polar surface area (TPSA) is 55.8 Å².